The van der Waals surface area contributed by atoms with E-state index in [-0.39, 0.29) is 5.91 Å². The molecule has 0 aromatic carbocycles. The summed E-state index contributed by atoms with van der Waals surface area (Å²) < 4.78 is 1.62. The van der Waals surface area contributed by atoms with Gasteiger partial charge in [-0.15, -0.1) is 5.10 Å². The first-order valence-electron chi connectivity index (χ1n) is 4.60. The maximum Gasteiger partial charge on any atom is 0.219 e. The van der Waals surface area contributed by atoms with Crippen molar-refractivity contribution in [3.05, 3.63) is 11.9 Å². The summed E-state index contributed by atoms with van der Waals surface area (Å²) in [5.74, 6) is -0.325. The van der Waals surface area contributed by atoms with Crippen LogP contribution in [0.2, 0.25) is 0 Å². The van der Waals surface area contributed by atoms with E-state index < -0.39 is 0 Å². The fourth-order valence-corrected chi connectivity index (χ4v) is 1.01. The van der Waals surface area contributed by atoms with Gasteiger partial charge in [-0.3, -0.25) is 9.48 Å². The third-order valence-electron chi connectivity index (χ3n) is 1.73. The Labute approximate surface area is 82.5 Å². The number of amides is 1. The fourth-order valence-electron chi connectivity index (χ4n) is 1.01. The summed E-state index contributed by atoms with van der Waals surface area (Å²) in [7, 11) is 0. The molecule has 1 heterocycles. The standard InChI is InChI=1S/C8H15N5O/c1-2-10-5-7-6-13(12-11-7)4-3-8(9)14/h6,10H,2-5H2,1H3,(H2,9,14). The maximum atomic E-state index is 10.5. The highest BCUT2D eigenvalue weighted by Crippen LogP contribution is 1.93. The predicted octanol–water partition coefficient (Wildman–Crippen LogP) is -0.737. The molecule has 6 nitrogen and oxygen atoms in total. The summed E-state index contributed by atoms with van der Waals surface area (Å²) >= 11 is 0. The zero-order chi connectivity index (χ0) is 10.4. The van der Waals surface area contributed by atoms with Crippen LogP contribution in [-0.2, 0) is 17.9 Å². The number of nitrogens with two attached hydrogens (primary N) is 1. The van der Waals surface area contributed by atoms with Gasteiger partial charge in [-0.25, -0.2) is 0 Å². The van der Waals surface area contributed by atoms with Crippen LogP contribution in [-0.4, -0.2) is 27.4 Å². The van der Waals surface area contributed by atoms with Crippen LogP contribution in [0.1, 0.15) is 19.0 Å². The maximum absolute atomic E-state index is 10.5. The molecule has 3 N–H and O–H groups in total. The third-order valence-corrected chi connectivity index (χ3v) is 1.73. The molecule has 6 heteroatoms. The van der Waals surface area contributed by atoms with Gasteiger partial charge in [0.1, 0.15) is 0 Å². The first-order chi connectivity index (χ1) is 6.72. The molecule has 0 fully saturated rings. The molecule has 0 spiro atoms. The van der Waals surface area contributed by atoms with Crippen molar-refractivity contribution in [1.82, 2.24) is 20.3 Å². The highest BCUT2D eigenvalue weighted by Gasteiger charge is 2.00. The number of primary amides is 1. The van der Waals surface area contributed by atoms with Crippen molar-refractivity contribution in [2.24, 2.45) is 5.73 Å². The molecule has 0 radical (unpaired) electrons. The van der Waals surface area contributed by atoms with E-state index in [9.17, 15) is 4.79 Å². The lowest BCUT2D eigenvalue weighted by Gasteiger charge is -1.96. The van der Waals surface area contributed by atoms with E-state index in [1.165, 1.54) is 0 Å². The van der Waals surface area contributed by atoms with E-state index in [0.29, 0.717) is 19.5 Å². The number of nitrogens with one attached hydrogen (secondary N) is 1. The van der Waals surface area contributed by atoms with Gasteiger partial charge in [0.15, 0.2) is 0 Å². The molecule has 0 unspecified atom stereocenters. The number of carbonyl (C=O) groups is 1. The molecule has 1 amide bonds. The molecule has 0 aliphatic heterocycles. The Morgan fingerprint density at radius 2 is 2.50 bits per heavy atom. The number of aryl methyl sites for hydroxylation is 1. The summed E-state index contributed by atoms with van der Waals surface area (Å²) in [4.78, 5) is 10.5. The summed E-state index contributed by atoms with van der Waals surface area (Å²) in [5.41, 5.74) is 5.89. The molecule has 1 aromatic heterocycles. The first kappa shape index (κ1) is 10.6. The Balaban J connectivity index is 2.38. The molecule has 0 aliphatic rings. The SMILES string of the molecule is CCNCc1cn(CCC(N)=O)nn1. The van der Waals surface area contributed by atoms with Crippen molar-refractivity contribution in [2.45, 2.75) is 26.4 Å². The molecule has 0 bridgehead atoms. The Bertz CT molecular complexity index is 296. The summed E-state index contributed by atoms with van der Waals surface area (Å²) in [6.45, 7) is 4.12. The van der Waals surface area contributed by atoms with Gasteiger partial charge in [-0.05, 0) is 6.54 Å². The molecular formula is C8H15N5O. The summed E-state index contributed by atoms with van der Waals surface area (Å²) in [6.07, 6.45) is 2.11. The molecule has 1 rings (SSSR count). The van der Waals surface area contributed by atoms with E-state index in [1.807, 2.05) is 13.1 Å². The lowest BCUT2D eigenvalue weighted by Crippen LogP contribution is -2.14. The molecule has 1 aromatic rings. The van der Waals surface area contributed by atoms with E-state index in [2.05, 4.69) is 15.6 Å². The van der Waals surface area contributed by atoms with Crippen molar-refractivity contribution in [3.8, 4) is 0 Å². The molecule has 0 saturated carbocycles. The molecule has 14 heavy (non-hydrogen) atoms. The summed E-state index contributed by atoms with van der Waals surface area (Å²) in [6, 6.07) is 0. The number of aromatic nitrogens is 3. The smallest absolute Gasteiger partial charge is 0.219 e. The largest absolute Gasteiger partial charge is 0.370 e. The highest BCUT2D eigenvalue weighted by molar-refractivity contribution is 5.73. The second-order valence-corrected chi connectivity index (χ2v) is 2.97. The van der Waals surface area contributed by atoms with Crippen molar-refractivity contribution in [1.29, 1.82) is 0 Å². The Kier molecular flexibility index (Phi) is 4.06. The van der Waals surface area contributed by atoms with Crippen LogP contribution in [0.25, 0.3) is 0 Å². The van der Waals surface area contributed by atoms with E-state index in [0.717, 1.165) is 12.2 Å². The van der Waals surface area contributed by atoms with Crippen LogP contribution in [0.4, 0.5) is 0 Å². The Hall–Kier alpha value is -1.43. The van der Waals surface area contributed by atoms with Gasteiger partial charge in [-0.2, -0.15) is 0 Å². The van der Waals surface area contributed by atoms with Crippen molar-refractivity contribution in [2.75, 3.05) is 6.54 Å². The monoisotopic (exact) mass is 197 g/mol. The molecule has 0 saturated heterocycles. The lowest BCUT2D eigenvalue weighted by molar-refractivity contribution is -0.118. The lowest BCUT2D eigenvalue weighted by atomic mass is 10.4. The number of hydrogen-bond donors (Lipinski definition) is 2. The first-order valence-corrected chi connectivity index (χ1v) is 4.60. The van der Waals surface area contributed by atoms with Gasteiger partial charge in [0.25, 0.3) is 0 Å². The Morgan fingerprint density at radius 3 is 3.14 bits per heavy atom. The van der Waals surface area contributed by atoms with Crippen LogP contribution < -0.4 is 11.1 Å². The van der Waals surface area contributed by atoms with E-state index in [1.54, 1.807) is 4.68 Å². The van der Waals surface area contributed by atoms with Crippen molar-refractivity contribution < 1.29 is 4.79 Å². The zero-order valence-electron chi connectivity index (χ0n) is 8.23. The normalized spacial score (nSPS) is 10.4. The van der Waals surface area contributed by atoms with Gasteiger partial charge in [0.05, 0.1) is 12.2 Å². The molecular weight excluding hydrogens is 182 g/mol. The number of rotatable bonds is 6. The van der Waals surface area contributed by atoms with Crippen LogP contribution >= 0.6 is 0 Å². The van der Waals surface area contributed by atoms with E-state index >= 15 is 0 Å². The van der Waals surface area contributed by atoms with Crippen molar-refractivity contribution >= 4 is 5.91 Å². The predicted molar refractivity (Wildman–Crippen MR) is 51.2 cm³/mol. The quantitative estimate of drug-likeness (QED) is 0.629. The van der Waals surface area contributed by atoms with Gasteiger partial charge >= 0.3 is 0 Å². The van der Waals surface area contributed by atoms with E-state index in [4.69, 9.17) is 5.73 Å². The number of nitrogens with zero attached hydrogens (tertiary/aromatic N) is 3. The molecule has 78 valence electrons. The minimum absolute atomic E-state index is 0.296. The average molecular weight is 197 g/mol. The Morgan fingerprint density at radius 1 is 1.71 bits per heavy atom. The third kappa shape index (κ3) is 3.53. The van der Waals surface area contributed by atoms with Crippen LogP contribution in [0.5, 0.6) is 0 Å². The van der Waals surface area contributed by atoms with Crippen LogP contribution in [0, 0.1) is 0 Å². The van der Waals surface area contributed by atoms with Gasteiger partial charge < -0.3 is 11.1 Å². The topological polar surface area (TPSA) is 85.8 Å². The second kappa shape index (κ2) is 5.33. The second-order valence-electron chi connectivity index (χ2n) is 2.97. The van der Waals surface area contributed by atoms with Gasteiger partial charge in [0.2, 0.25) is 5.91 Å². The van der Waals surface area contributed by atoms with Crippen LogP contribution in [0.3, 0.4) is 0 Å². The fraction of sp³-hybridized carbons (Fsp3) is 0.625. The van der Waals surface area contributed by atoms with Gasteiger partial charge in [0, 0.05) is 19.2 Å². The molecule has 0 aliphatic carbocycles. The number of carbonyl (C=O) groups excluding carboxylic acids is 1. The average Bonchev–Trinajstić information content (AvgIpc) is 2.59. The van der Waals surface area contributed by atoms with Gasteiger partial charge in [-0.1, -0.05) is 12.1 Å². The number of hydrogen-bond acceptors (Lipinski definition) is 4. The minimum atomic E-state index is -0.325. The van der Waals surface area contributed by atoms with Crippen molar-refractivity contribution in [3.63, 3.8) is 0 Å². The minimum Gasteiger partial charge on any atom is -0.370 e. The zero-order valence-corrected chi connectivity index (χ0v) is 8.23. The van der Waals surface area contributed by atoms with Crippen LogP contribution in [0.15, 0.2) is 6.20 Å². The highest BCUT2D eigenvalue weighted by atomic mass is 16.1. The molecule has 0 atom stereocenters. The summed E-state index contributed by atoms with van der Waals surface area (Å²) in [5, 5.41) is 10.9.